The molecule has 2 unspecified atom stereocenters. The smallest absolute Gasteiger partial charge is 0.319 e. The van der Waals surface area contributed by atoms with Gasteiger partial charge in [-0.2, -0.15) is 0 Å². The highest BCUT2D eigenvalue weighted by molar-refractivity contribution is 6.33. The number of likely N-dealkylation sites (tertiary alicyclic amines) is 1. The Morgan fingerprint density at radius 1 is 1.26 bits per heavy atom. The van der Waals surface area contributed by atoms with Crippen LogP contribution in [0.25, 0.3) is 0 Å². The number of rotatable bonds is 6. The summed E-state index contributed by atoms with van der Waals surface area (Å²) in [5.41, 5.74) is 0.348. The molecule has 4 amide bonds. The molecule has 12 heteroatoms. The van der Waals surface area contributed by atoms with Crippen molar-refractivity contribution < 1.29 is 19.5 Å². The van der Waals surface area contributed by atoms with E-state index in [2.05, 4.69) is 26.3 Å². The molecule has 1 aromatic heterocycles. The van der Waals surface area contributed by atoms with Crippen LogP contribution in [0.1, 0.15) is 38.9 Å². The van der Waals surface area contributed by atoms with Gasteiger partial charge in [0.2, 0.25) is 11.8 Å². The maximum Gasteiger partial charge on any atom is 0.319 e. The van der Waals surface area contributed by atoms with Gasteiger partial charge in [0, 0.05) is 20.0 Å². The molecule has 2 heterocycles. The SMILES string of the molecule is CNC(=O)C1CC(O)CN1C(=O)[C@@H](n1cc(CNC(=O)Nc2ccccc2Cl)nn1)C(C)(C)C. The molecule has 0 radical (unpaired) electrons. The van der Waals surface area contributed by atoms with Crippen molar-refractivity contribution in [2.24, 2.45) is 5.41 Å². The van der Waals surface area contributed by atoms with Gasteiger partial charge in [-0.1, -0.05) is 49.7 Å². The molecule has 3 rings (SSSR count). The lowest BCUT2D eigenvalue weighted by Gasteiger charge is -2.34. The molecule has 0 spiro atoms. The fourth-order valence-electron chi connectivity index (χ4n) is 3.93. The lowest BCUT2D eigenvalue weighted by atomic mass is 9.85. The fraction of sp³-hybridized carbons (Fsp3) is 0.500. The molecule has 1 saturated heterocycles. The van der Waals surface area contributed by atoms with Gasteiger partial charge in [0.05, 0.1) is 29.6 Å². The normalized spacial score (nSPS) is 18.9. The highest BCUT2D eigenvalue weighted by atomic mass is 35.5. The van der Waals surface area contributed by atoms with Crippen molar-refractivity contribution in [3.8, 4) is 0 Å². The number of nitrogens with one attached hydrogen (secondary N) is 3. The number of carbonyl (C=O) groups excluding carboxylic acids is 3. The summed E-state index contributed by atoms with van der Waals surface area (Å²) in [6, 6.07) is 4.87. The molecule has 2 aromatic rings. The van der Waals surface area contributed by atoms with Crippen molar-refractivity contribution in [3.63, 3.8) is 0 Å². The van der Waals surface area contributed by atoms with E-state index in [1.807, 2.05) is 20.8 Å². The highest BCUT2D eigenvalue weighted by Gasteiger charge is 2.45. The van der Waals surface area contributed by atoms with Gasteiger partial charge in [-0.15, -0.1) is 5.10 Å². The molecular formula is C22H30ClN7O4. The number of amides is 4. The molecule has 184 valence electrons. The molecule has 0 aliphatic carbocycles. The van der Waals surface area contributed by atoms with Gasteiger partial charge >= 0.3 is 6.03 Å². The number of nitrogens with zero attached hydrogens (tertiary/aromatic N) is 4. The van der Waals surface area contributed by atoms with Gasteiger partial charge in [0.25, 0.3) is 0 Å². The summed E-state index contributed by atoms with van der Waals surface area (Å²) in [6.45, 7) is 5.79. The Balaban J connectivity index is 1.72. The zero-order valence-electron chi connectivity index (χ0n) is 19.6. The van der Waals surface area contributed by atoms with Crippen molar-refractivity contribution in [2.75, 3.05) is 18.9 Å². The molecule has 0 saturated carbocycles. The molecule has 4 N–H and O–H groups in total. The van der Waals surface area contributed by atoms with Crippen LogP contribution in [-0.2, 0) is 16.1 Å². The summed E-state index contributed by atoms with van der Waals surface area (Å²) < 4.78 is 1.44. The van der Waals surface area contributed by atoms with E-state index in [0.29, 0.717) is 16.4 Å². The predicted molar refractivity (Wildman–Crippen MR) is 126 cm³/mol. The minimum absolute atomic E-state index is 0.0643. The van der Waals surface area contributed by atoms with Crippen molar-refractivity contribution in [1.82, 2.24) is 30.5 Å². The second kappa shape index (κ2) is 10.4. The van der Waals surface area contributed by atoms with Crippen molar-refractivity contribution in [2.45, 2.75) is 51.9 Å². The van der Waals surface area contributed by atoms with Crippen molar-refractivity contribution >= 4 is 35.1 Å². The summed E-state index contributed by atoms with van der Waals surface area (Å²) >= 11 is 6.05. The topological polar surface area (TPSA) is 141 Å². The molecule has 3 atom stereocenters. The van der Waals surface area contributed by atoms with Gasteiger partial charge < -0.3 is 26.0 Å². The Kier molecular flexibility index (Phi) is 7.78. The Morgan fingerprint density at radius 3 is 2.62 bits per heavy atom. The molecule has 1 fully saturated rings. The second-order valence-corrected chi connectivity index (χ2v) is 9.66. The summed E-state index contributed by atoms with van der Waals surface area (Å²) in [4.78, 5) is 39.4. The van der Waals surface area contributed by atoms with Gasteiger partial charge in [0.15, 0.2) is 0 Å². The third-order valence-corrected chi connectivity index (χ3v) is 5.87. The number of aliphatic hydroxyl groups excluding tert-OH is 1. The average Bonchev–Trinajstić information content (AvgIpc) is 3.39. The van der Waals surface area contributed by atoms with Crippen LogP contribution >= 0.6 is 11.6 Å². The van der Waals surface area contributed by atoms with Gasteiger partial charge in [-0.25, -0.2) is 9.48 Å². The summed E-state index contributed by atoms with van der Waals surface area (Å²) in [6.07, 6.45) is 0.986. The Hall–Kier alpha value is -3.18. The number of aromatic nitrogens is 3. The maximum atomic E-state index is 13.5. The van der Waals surface area contributed by atoms with Crippen LogP contribution in [0, 0.1) is 5.41 Å². The van der Waals surface area contributed by atoms with E-state index in [-0.39, 0.29) is 31.3 Å². The number of carbonyl (C=O) groups is 3. The van der Waals surface area contributed by atoms with Crippen molar-refractivity contribution in [1.29, 1.82) is 0 Å². The van der Waals surface area contributed by atoms with E-state index in [1.54, 1.807) is 30.5 Å². The van der Waals surface area contributed by atoms with Gasteiger partial charge in [-0.3, -0.25) is 9.59 Å². The highest BCUT2D eigenvalue weighted by Crippen LogP contribution is 2.34. The molecule has 11 nitrogen and oxygen atoms in total. The van der Waals surface area contributed by atoms with E-state index >= 15 is 0 Å². The summed E-state index contributed by atoms with van der Waals surface area (Å²) in [7, 11) is 1.50. The first-order valence-electron chi connectivity index (χ1n) is 10.9. The first-order valence-corrected chi connectivity index (χ1v) is 11.3. The second-order valence-electron chi connectivity index (χ2n) is 9.26. The Labute approximate surface area is 202 Å². The molecule has 1 aromatic carbocycles. The molecule has 1 aliphatic rings. The number of likely N-dealkylation sites (N-methyl/N-ethyl adjacent to an activating group) is 1. The lowest BCUT2D eigenvalue weighted by molar-refractivity contribution is -0.144. The number of hydrogen-bond acceptors (Lipinski definition) is 6. The van der Waals surface area contributed by atoms with Crippen molar-refractivity contribution in [3.05, 3.63) is 41.2 Å². The van der Waals surface area contributed by atoms with E-state index < -0.39 is 29.6 Å². The molecule has 0 bridgehead atoms. The fourth-order valence-corrected chi connectivity index (χ4v) is 4.11. The third kappa shape index (κ3) is 5.84. The van der Waals surface area contributed by atoms with Crippen LogP contribution in [0.2, 0.25) is 5.02 Å². The maximum absolute atomic E-state index is 13.5. The average molecular weight is 492 g/mol. The zero-order valence-corrected chi connectivity index (χ0v) is 20.3. The molecule has 34 heavy (non-hydrogen) atoms. The largest absolute Gasteiger partial charge is 0.391 e. The lowest BCUT2D eigenvalue weighted by Crippen LogP contribution is -2.49. The van der Waals surface area contributed by atoms with Crippen LogP contribution in [0.3, 0.4) is 0 Å². The number of halogens is 1. The van der Waals surface area contributed by atoms with Crippen LogP contribution < -0.4 is 16.0 Å². The first-order chi connectivity index (χ1) is 16.0. The van der Waals surface area contributed by atoms with Crippen LogP contribution in [-0.4, -0.2) is 68.6 Å². The number of benzene rings is 1. The number of aliphatic hydroxyl groups is 1. The van der Waals surface area contributed by atoms with Crippen LogP contribution in [0.5, 0.6) is 0 Å². The van der Waals surface area contributed by atoms with E-state index in [4.69, 9.17) is 11.6 Å². The predicted octanol–water partition coefficient (Wildman–Crippen LogP) is 1.55. The van der Waals surface area contributed by atoms with Crippen LogP contribution in [0.4, 0.5) is 10.5 Å². The third-order valence-electron chi connectivity index (χ3n) is 5.54. The quantitative estimate of drug-likeness (QED) is 0.483. The zero-order chi connectivity index (χ0) is 25.0. The Morgan fingerprint density at radius 2 is 1.97 bits per heavy atom. The molecule has 1 aliphatic heterocycles. The number of anilines is 1. The summed E-state index contributed by atoms with van der Waals surface area (Å²) in [5, 5.41) is 26.6. The minimum Gasteiger partial charge on any atom is -0.391 e. The Bertz CT molecular complexity index is 1050. The van der Waals surface area contributed by atoms with E-state index in [1.165, 1.54) is 16.6 Å². The minimum atomic E-state index is -0.779. The first kappa shape index (κ1) is 25.4. The van der Waals surface area contributed by atoms with Gasteiger partial charge in [0.1, 0.15) is 17.8 Å². The van der Waals surface area contributed by atoms with E-state index in [9.17, 15) is 19.5 Å². The molecular weight excluding hydrogens is 462 g/mol. The standard InChI is InChI=1S/C22H30ClN7O4/c1-22(2,3)18(20(33)29-12-14(31)9-17(29)19(32)24-4)30-11-13(27-28-30)10-25-21(34)26-16-8-6-5-7-15(16)23/h5-8,11,14,17-18,31H,9-10,12H2,1-4H3,(H,24,32)(H2,25,26,34)/t14?,17?,18-/m1/s1. The number of para-hydroxylation sites is 1. The van der Waals surface area contributed by atoms with E-state index in [0.717, 1.165) is 0 Å². The van der Waals surface area contributed by atoms with Crippen LogP contribution in [0.15, 0.2) is 30.5 Å². The summed E-state index contributed by atoms with van der Waals surface area (Å²) in [5.74, 6) is -0.663. The number of urea groups is 1. The monoisotopic (exact) mass is 491 g/mol. The number of β-amino-alcohol motifs (C(OH)–C–C–N with tert-alkyl or cyclic N) is 1. The number of hydrogen-bond donors (Lipinski definition) is 4. The van der Waals surface area contributed by atoms with Gasteiger partial charge in [-0.05, 0) is 17.5 Å².